The molecule has 8 nitrogen and oxygen atoms in total. The minimum atomic E-state index is -0.899. The van der Waals surface area contributed by atoms with E-state index in [2.05, 4.69) is 5.32 Å². The van der Waals surface area contributed by atoms with Gasteiger partial charge in [-0.15, -0.1) is 0 Å². The van der Waals surface area contributed by atoms with Crippen LogP contribution in [-0.4, -0.2) is 39.9 Å². The first-order valence-electron chi connectivity index (χ1n) is 13.3. The van der Waals surface area contributed by atoms with Crippen LogP contribution < -0.4 is 5.32 Å². The van der Waals surface area contributed by atoms with E-state index in [1.165, 1.54) is 4.70 Å². The number of carbonyl (C=O) groups is 4. The highest BCUT2D eigenvalue weighted by Crippen LogP contribution is 2.38. The Labute approximate surface area is 233 Å². The summed E-state index contributed by atoms with van der Waals surface area (Å²) in [7, 11) is 0. The smallest absolute Gasteiger partial charge is 0.419 e. The number of carbonyl (C=O) groups excluding carboxylic acids is 3. The first-order chi connectivity index (χ1) is 19.0. The summed E-state index contributed by atoms with van der Waals surface area (Å²) in [6, 6.07) is 23.5. The number of aryl methyl sites for hydroxylation is 1. The summed E-state index contributed by atoms with van der Waals surface area (Å²) in [5.41, 5.74) is 3.06. The van der Waals surface area contributed by atoms with Gasteiger partial charge in [-0.25, -0.2) is 4.79 Å². The predicted molar refractivity (Wildman–Crippen MR) is 150 cm³/mol. The first-order valence-corrected chi connectivity index (χ1v) is 13.3. The van der Waals surface area contributed by atoms with Gasteiger partial charge in [0.05, 0.1) is 0 Å². The molecule has 4 rings (SSSR count). The lowest BCUT2D eigenvalue weighted by Crippen LogP contribution is -2.34. The van der Waals surface area contributed by atoms with Gasteiger partial charge in [0, 0.05) is 23.9 Å². The molecule has 40 heavy (non-hydrogen) atoms. The number of fused-ring (bicyclic) bond motifs is 1. The number of carboxylic acids is 1. The van der Waals surface area contributed by atoms with E-state index in [1.807, 2.05) is 75.4 Å². The zero-order valence-electron chi connectivity index (χ0n) is 23.0. The Kier molecular flexibility index (Phi) is 8.67. The Morgan fingerprint density at radius 1 is 0.925 bits per heavy atom. The number of azo groups is 2. The van der Waals surface area contributed by atoms with Crippen molar-refractivity contribution >= 4 is 29.3 Å². The molecule has 2 amide bonds. The van der Waals surface area contributed by atoms with Crippen molar-refractivity contribution in [2.75, 3.05) is 11.9 Å². The minimum Gasteiger partial charge on any atom is -0.481 e. The molecule has 0 aliphatic carbocycles. The lowest BCUT2D eigenvalue weighted by atomic mass is 9.80. The molecule has 0 spiro atoms. The molecule has 1 aliphatic rings. The van der Waals surface area contributed by atoms with Gasteiger partial charge in [-0.3, -0.25) is 14.4 Å². The Morgan fingerprint density at radius 3 is 2.27 bits per heavy atom. The maximum atomic E-state index is 14.0. The number of Topliss-reactive ketones (excluding diaryl/α,β-unsaturated/α-hetero) is 1. The van der Waals surface area contributed by atoms with Crippen LogP contribution in [0.5, 0.6) is 0 Å². The number of nitrogens with one attached hydrogen (secondary N) is 1. The van der Waals surface area contributed by atoms with Gasteiger partial charge in [0.15, 0.2) is 6.04 Å². The molecule has 3 aromatic rings. The number of rotatable bonds is 9. The van der Waals surface area contributed by atoms with Crippen molar-refractivity contribution in [1.29, 1.82) is 0 Å². The van der Waals surface area contributed by atoms with Gasteiger partial charge in [-0.1, -0.05) is 87.5 Å². The van der Waals surface area contributed by atoms with E-state index in [4.69, 9.17) is 10.2 Å². The molecule has 0 aromatic heterocycles. The molecule has 206 valence electrons. The molecule has 0 saturated heterocycles. The van der Waals surface area contributed by atoms with Crippen molar-refractivity contribution in [3.8, 4) is 0 Å². The number of carboxylic acid groups (broad SMARTS) is 1. The molecule has 0 saturated carbocycles. The fraction of sp³-hybridized carbons (Fsp3) is 0.312. The van der Waals surface area contributed by atoms with Crippen molar-refractivity contribution in [1.82, 2.24) is 0 Å². The number of ketones is 1. The number of nitrogens with zero attached hydrogens (tertiary/aromatic N) is 2. The fourth-order valence-electron chi connectivity index (χ4n) is 4.73. The van der Waals surface area contributed by atoms with Crippen LogP contribution in [0, 0.1) is 5.41 Å². The topological polar surface area (TPSA) is 116 Å². The van der Waals surface area contributed by atoms with Crippen molar-refractivity contribution < 1.29 is 29.0 Å². The maximum absolute atomic E-state index is 14.0. The second kappa shape index (κ2) is 12.2. The van der Waals surface area contributed by atoms with Crippen molar-refractivity contribution in [2.45, 2.75) is 52.0 Å². The van der Waals surface area contributed by atoms with E-state index in [9.17, 15) is 19.2 Å². The average molecular weight is 541 g/mol. The molecule has 0 bridgehead atoms. The van der Waals surface area contributed by atoms with Gasteiger partial charge in [0.25, 0.3) is 12.5 Å². The monoisotopic (exact) mass is 540 g/mol. The molecule has 2 unspecified atom stereocenters. The Bertz CT molecular complexity index is 1460. The van der Waals surface area contributed by atoms with Crippen LogP contribution in [0.15, 0.2) is 84.0 Å². The predicted octanol–water partition coefficient (Wildman–Crippen LogP) is 5.53. The molecule has 1 heterocycles. The van der Waals surface area contributed by atoms with Crippen molar-refractivity contribution in [2.24, 2.45) is 10.5 Å². The second-order valence-electron chi connectivity index (χ2n) is 11.0. The van der Waals surface area contributed by atoms with Crippen LogP contribution in [0.1, 0.15) is 67.8 Å². The quantitative estimate of drug-likeness (QED) is 0.347. The number of hydrogen-bond acceptors (Lipinski definition) is 5. The van der Waals surface area contributed by atoms with E-state index in [1.54, 1.807) is 24.3 Å². The van der Waals surface area contributed by atoms with Gasteiger partial charge < -0.3 is 10.4 Å². The standard InChI is InChI=1S/C32H33N3O5/c1-32(2,3)27(36)19-26-24-14-7-8-15-25(24)30(22-11-5-4-6-12-22)34-35(31(26)40)20-28(37)33-23-13-9-10-21(18-23)16-17-29(38)39/h4-15,18,26,30H,16-17,19-20H2,1-3H3,(H-,33,37,38,39)/p+1. The van der Waals surface area contributed by atoms with E-state index in [0.29, 0.717) is 12.1 Å². The summed E-state index contributed by atoms with van der Waals surface area (Å²) in [6.45, 7) is 5.15. The van der Waals surface area contributed by atoms with E-state index >= 15 is 0 Å². The summed E-state index contributed by atoms with van der Waals surface area (Å²) in [5.74, 6) is -2.60. The number of anilines is 1. The highest BCUT2D eigenvalue weighted by Gasteiger charge is 2.42. The number of hydrogen-bond donors (Lipinski definition) is 2. The average Bonchev–Trinajstić information content (AvgIpc) is 3.03. The highest BCUT2D eigenvalue weighted by molar-refractivity contribution is 5.94. The van der Waals surface area contributed by atoms with E-state index in [-0.39, 0.29) is 25.2 Å². The summed E-state index contributed by atoms with van der Waals surface area (Å²) in [6.07, 6.45) is 0.314. The molecule has 0 fully saturated rings. The van der Waals surface area contributed by atoms with Crippen LogP contribution in [0.25, 0.3) is 0 Å². The molecular formula is C32H34N3O5+. The first kappa shape index (κ1) is 28.5. The van der Waals surface area contributed by atoms with Gasteiger partial charge >= 0.3 is 11.9 Å². The Morgan fingerprint density at radius 2 is 1.60 bits per heavy atom. The largest absolute Gasteiger partial charge is 0.481 e. The van der Waals surface area contributed by atoms with Gasteiger partial charge in [-0.05, 0) is 50.6 Å². The lowest BCUT2D eigenvalue weighted by Gasteiger charge is -2.20. The van der Waals surface area contributed by atoms with Crippen LogP contribution in [0.2, 0.25) is 0 Å². The molecule has 1 aliphatic heterocycles. The van der Waals surface area contributed by atoms with Crippen molar-refractivity contribution in [3.05, 3.63) is 101 Å². The molecule has 2 N–H and O–H groups in total. The zero-order valence-corrected chi connectivity index (χ0v) is 23.0. The van der Waals surface area contributed by atoms with E-state index in [0.717, 1.165) is 22.3 Å². The van der Waals surface area contributed by atoms with Gasteiger partial charge in [0.1, 0.15) is 11.7 Å². The van der Waals surface area contributed by atoms with E-state index < -0.39 is 35.2 Å². The third-order valence-electron chi connectivity index (χ3n) is 6.95. The summed E-state index contributed by atoms with van der Waals surface area (Å²) >= 11 is 0. The summed E-state index contributed by atoms with van der Waals surface area (Å²) < 4.78 is 1.20. The fourth-order valence-corrected chi connectivity index (χ4v) is 4.73. The maximum Gasteiger partial charge on any atom is 0.419 e. The third kappa shape index (κ3) is 6.94. The minimum absolute atomic E-state index is 0.000117. The number of benzene rings is 3. The normalized spacial score (nSPS) is 16.9. The van der Waals surface area contributed by atoms with Crippen LogP contribution in [-0.2, 0) is 25.6 Å². The zero-order chi connectivity index (χ0) is 28.9. The summed E-state index contributed by atoms with van der Waals surface area (Å²) in [5, 5.41) is 16.6. The third-order valence-corrected chi connectivity index (χ3v) is 6.95. The lowest BCUT2D eigenvalue weighted by molar-refractivity contribution is -0.507. The summed E-state index contributed by atoms with van der Waals surface area (Å²) in [4.78, 5) is 51.2. The SMILES string of the molecule is CC(C)(C)C(=O)CC1C(=O)[N+](CC(=O)Nc2cccc(CCC(=O)O)c2)=NC(c2ccccc2)c2ccccc21. The van der Waals surface area contributed by atoms with Crippen LogP contribution in [0.4, 0.5) is 5.69 Å². The Balaban J connectivity index is 1.68. The van der Waals surface area contributed by atoms with Crippen LogP contribution >= 0.6 is 0 Å². The van der Waals surface area contributed by atoms with Crippen molar-refractivity contribution in [3.63, 3.8) is 0 Å². The Hall–Kier alpha value is -4.46. The number of amides is 2. The number of aliphatic carboxylic acids is 1. The molecular weight excluding hydrogens is 506 g/mol. The highest BCUT2D eigenvalue weighted by atomic mass is 16.4. The molecule has 0 radical (unpaired) electrons. The van der Waals surface area contributed by atoms with Gasteiger partial charge in [0.2, 0.25) is 0 Å². The molecule has 8 heteroatoms. The molecule has 3 aromatic carbocycles. The van der Waals surface area contributed by atoms with Gasteiger partial charge in [-0.2, -0.15) is 0 Å². The molecule has 2 atom stereocenters. The van der Waals surface area contributed by atoms with Crippen LogP contribution in [0.3, 0.4) is 0 Å². The second-order valence-corrected chi connectivity index (χ2v) is 11.0.